The number of nitro groups is 1. The summed E-state index contributed by atoms with van der Waals surface area (Å²) in [4.78, 5) is 12.2. The minimum absolute atomic E-state index is 0.197. The van der Waals surface area contributed by atoms with E-state index in [4.69, 9.17) is 4.74 Å². The van der Waals surface area contributed by atoms with Gasteiger partial charge < -0.3 is 9.47 Å². The molecule has 1 aromatic rings. The SMILES string of the molecule is O=[N+]([O-])c1cc(CN2CCOCC2)cc(OC(F)F)c1. The molecule has 0 saturated carbocycles. The van der Waals surface area contributed by atoms with E-state index in [0.717, 1.165) is 6.07 Å². The molecule has 8 heteroatoms. The number of alkyl halides is 2. The highest BCUT2D eigenvalue weighted by molar-refractivity contribution is 5.42. The predicted octanol–water partition coefficient (Wildman–Crippen LogP) is 2.03. The third-order valence-electron chi connectivity index (χ3n) is 2.90. The lowest BCUT2D eigenvalue weighted by molar-refractivity contribution is -0.385. The van der Waals surface area contributed by atoms with Crippen molar-refractivity contribution in [2.45, 2.75) is 13.2 Å². The van der Waals surface area contributed by atoms with E-state index in [0.29, 0.717) is 38.4 Å². The van der Waals surface area contributed by atoms with Gasteiger partial charge in [0, 0.05) is 25.7 Å². The molecule has 1 aliphatic rings. The Balaban J connectivity index is 2.17. The molecule has 0 radical (unpaired) electrons. The number of hydrogen-bond donors (Lipinski definition) is 0. The molecule has 0 spiro atoms. The van der Waals surface area contributed by atoms with Gasteiger partial charge in [0.1, 0.15) is 5.75 Å². The number of non-ortho nitro benzene ring substituents is 1. The van der Waals surface area contributed by atoms with E-state index < -0.39 is 11.5 Å². The number of rotatable bonds is 5. The Labute approximate surface area is 114 Å². The van der Waals surface area contributed by atoms with Crippen molar-refractivity contribution in [3.8, 4) is 5.75 Å². The minimum atomic E-state index is -3.01. The zero-order valence-electron chi connectivity index (χ0n) is 10.6. The maximum atomic E-state index is 12.2. The third-order valence-corrected chi connectivity index (χ3v) is 2.90. The van der Waals surface area contributed by atoms with Crippen LogP contribution in [0, 0.1) is 10.1 Å². The zero-order valence-corrected chi connectivity index (χ0v) is 10.6. The Hall–Kier alpha value is -1.80. The molecule has 110 valence electrons. The van der Waals surface area contributed by atoms with E-state index >= 15 is 0 Å². The molecule has 1 fully saturated rings. The Morgan fingerprint density at radius 3 is 2.65 bits per heavy atom. The van der Waals surface area contributed by atoms with E-state index in [-0.39, 0.29) is 11.4 Å². The second-order valence-electron chi connectivity index (χ2n) is 4.36. The molecular weight excluding hydrogens is 274 g/mol. The van der Waals surface area contributed by atoms with Gasteiger partial charge in [0.25, 0.3) is 5.69 Å². The second kappa shape index (κ2) is 6.58. The Bertz CT molecular complexity index is 479. The molecule has 0 aliphatic carbocycles. The van der Waals surface area contributed by atoms with E-state index in [1.165, 1.54) is 12.1 Å². The summed E-state index contributed by atoms with van der Waals surface area (Å²) in [5.41, 5.74) is 0.308. The van der Waals surface area contributed by atoms with Gasteiger partial charge in [0.2, 0.25) is 0 Å². The van der Waals surface area contributed by atoms with Crippen molar-refractivity contribution in [2.24, 2.45) is 0 Å². The third kappa shape index (κ3) is 4.10. The monoisotopic (exact) mass is 288 g/mol. The first-order valence-electron chi connectivity index (χ1n) is 6.08. The Morgan fingerprint density at radius 2 is 2.05 bits per heavy atom. The van der Waals surface area contributed by atoms with Gasteiger partial charge in [-0.1, -0.05) is 0 Å². The summed E-state index contributed by atoms with van der Waals surface area (Å²) in [5, 5.41) is 10.8. The van der Waals surface area contributed by atoms with Crippen molar-refractivity contribution < 1.29 is 23.2 Å². The molecule has 0 atom stereocenters. The van der Waals surface area contributed by atoms with Gasteiger partial charge in [-0.2, -0.15) is 8.78 Å². The molecule has 0 N–H and O–H groups in total. The highest BCUT2D eigenvalue weighted by Crippen LogP contribution is 2.25. The van der Waals surface area contributed by atoms with Gasteiger partial charge in [-0.25, -0.2) is 0 Å². The fraction of sp³-hybridized carbons (Fsp3) is 0.500. The highest BCUT2D eigenvalue weighted by Gasteiger charge is 2.16. The van der Waals surface area contributed by atoms with Crippen molar-refractivity contribution in [2.75, 3.05) is 26.3 Å². The number of nitrogens with zero attached hydrogens (tertiary/aromatic N) is 2. The fourth-order valence-electron chi connectivity index (χ4n) is 2.03. The van der Waals surface area contributed by atoms with Crippen LogP contribution in [0.25, 0.3) is 0 Å². The lowest BCUT2D eigenvalue weighted by atomic mass is 10.1. The molecule has 0 amide bonds. The number of morpholine rings is 1. The van der Waals surface area contributed by atoms with Crippen LogP contribution >= 0.6 is 0 Å². The van der Waals surface area contributed by atoms with Crippen LogP contribution in [0.1, 0.15) is 5.56 Å². The number of hydrogen-bond acceptors (Lipinski definition) is 5. The lowest BCUT2D eigenvalue weighted by Crippen LogP contribution is -2.35. The summed E-state index contributed by atoms with van der Waals surface area (Å²) >= 11 is 0. The van der Waals surface area contributed by atoms with Gasteiger partial charge >= 0.3 is 6.61 Å². The second-order valence-corrected chi connectivity index (χ2v) is 4.36. The smallest absolute Gasteiger partial charge is 0.387 e. The summed E-state index contributed by atoms with van der Waals surface area (Å²) in [6.45, 7) is 0.0183. The maximum absolute atomic E-state index is 12.2. The number of halogens is 2. The molecule has 20 heavy (non-hydrogen) atoms. The predicted molar refractivity (Wildman–Crippen MR) is 65.8 cm³/mol. The Morgan fingerprint density at radius 1 is 1.35 bits per heavy atom. The number of ether oxygens (including phenoxy) is 2. The minimum Gasteiger partial charge on any atom is -0.435 e. The quantitative estimate of drug-likeness (QED) is 0.612. The van der Waals surface area contributed by atoms with Crippen molar-refractivity contribution in [3.05, 3.63) is 33.9 Å². The van der Waals surface area contributed by atoms with E-state index in [2.05, 4.69) is 4.74 Å². The van der Waals surface area contributed by atoms with Crippen molar-refractivity contribution >= 4 is 5.69 Å². The normalized spacial score (nSPS) is 16.4. The highest BCUT2D eigenvalue weighted by atomic mass is 19.3. The van der Waals surface area contributed by atoms with Crippen LogP contribution in [0.3, 0.4) is 0 Å². The Kier molecular flexibility index (Phi) is 4.80. The molecule has 0 unspecified atom stereocenters. The molecule has 6 nitrogen and oxygen atoms in total. The first kappa shape index (κ1) is 14.6. The average molecular weight is 288 g/mol. The van der Waals surface area contributed by atoms with Crippen LogP contribution in [0.15, 0.2) is 18.2 Å². The molecule has 1 aromatic carbocycles. The first-order chi connectivity index (χ1) is 9.54. The van der Waals surface area contributed by atoms with E-state index in [9.17, 15) is 18.9 Å². The van der Waals surface area contributed by atoms with Crippen molar-refractivity contribution in [1.82, 2.24) is 4.90 Å². The summed E-state index contributed by atoms with van der Waals surface area (Å²) in [6, 6.07) is 3.76. The molecule has 0 bridgehead atoms. The molecular formula is C12H14F2N2O4. The number of benzene rings is 1. The largest absolute Gasteiger partial charge is 0.435 e. The van der Waals surface area contributed by atoms with Gasteiger partial charge in [-0.3, -0.25) is 15.0 Å². The molecule has 2 rings (SSSR count). The summed E-state index contributed by atoms with van der Waals surface area (Å²) in [5.74, 6) is -0.197. The molecule has 1 heterocycles. The van der Waals surface area contributed by atoms with Crippen LogP contribution in [0.2, 0.25) is 0 Å². The lowest BCUT2D eigenvalue weighted by Gasteiger charge is -2.26. The van der Waals surface area contributed by atoms with Gasteiger partial charge in [-0.05, 0) is 11.6 Å². The van der Waals surface area contributed by atoms with E-state index in [1.807, 2.05) is 4.90 Å². The van der Waals surface area contributed by atoms with Crippen molar-refractivity contribution in [1.29, 1.82) is 0 Å². The van der Waals surface area contributed by atoms with Crippen LogP contribution in [0.5, 0.6) is 5.75 Å². The molecule has 1 aliphatic heterocycles. The van der Waals surface area contributed by atoms with Crippen molar-refractivity contribution in [3.63, 3.8) is 0 Å². The van der Waals surface area contributed by atoms with Crippen LogP contribution in [0.4, 0.5) is 14.5 Å². The van der Waals surface area contributed by atoms with Gasteiger partial charge in [-0.15, -0.1) is 0 Å². The van der Waals surface area contributed by atoms with Gasteiger partial charge in [0.15, 0.2) is 0 Å². The topological polar surface area (TPSA) is 64.8 Å². The first-order valence-corrected chi connectivity index (χ1v) is 6.08. The summed E-state index contributed by atoms with van der Waals surface area (Å²) in [7, 11) is 0. The maximum Gasteiger partial charge on any atom is 0.387 e. The fourth-order valence-corrected chi connectivity index (χ4v) is 2.03. The number of nitro benzene ring substituents is 1. The van der Waals surface area contributed by atoms with Crippen LogP contribution < -0.4 is 4.74 Å². The van der Waals surface area contributed by atoms with Crippen LogP contribution in [-0.4, -0.2) is 42.7 Å². The molecule has 0 aromatic heterocycles. The average Bonchev–Trinajstić information content (AvgIpc) is 2.38. The summed E-state index contributed by atoms with van der Waals surface area (Å²) < 4.78 is 33.9. The van der Waals surface area contributed by atoms with Gasteiger partial charge in [0.05, 0.1) is 24.2 Å². The van der Waals surface area contributed by atoms with E-state index in [1.54, 1.807) is 0 Å². The van der Waals surface area contributed by atoms with Crippen LogP contribution in [-0.2, 0) is 11.3 Å². The standard InChI is InChI=1S/C12H14F2N2O4/c13-12(14)20-11-6-9(5-10(7-11)16(17)18)8-15-1-3-19-4-2-15/h5-7,12H,1-4,8H2. The molecule has 1 saturated heterocycles. The zero-order chi connectivity index (χ0) is 14.5. The summed E-state index contributed by atoms with van der Waals surface area (Å²) in [6.07, 6.45) is 0.